The average Bonchev–Trinajstić information content (AvgIpc) is 3.53. The predicted molar refractivity (Wildman–Crippen MR) is 123 cm³/mol. The number of benzene rings is 2. The number of hydrogen-bond donors (Lipinski definition) is 0. The Hall–Kier alpha value is -2.62. The molecule has 2 bridgehead atoms. The van der Waals surface area contributed by atoms with Gasteiger partial charge in [-0.1, -0.05) is 44.5 Å². The molecule has 0 N–H and O–H groups in total. The third kappa shape index (κ3) is 3.44. The van der Waals surface area contributed by atoms with Crippen molar-refractivity contribution in [2.24, 2.45) is 23.7 Å². The lowest BCUT2D eigenvalue weighted by Gasteiger charge is -2.44. The summed E-state index contributed by atoms with van der Waals surface area (Å²) >= 11 is 0. The van der Waals surface area contributed by atoms with Crippen LogP contribution in [0.3, 0.4) is 0 Å². The van der Waals surface area contributed by atoms with Gasteiger partial charge in [0, 0.05) is 18.3 Å². The zero-order chi connectivity index (χ0) is 22.3. The van der Waals surface area contributed by atoms with Gasteiger partial charge in [0.2, 0.25) is 0 Å². The van der Waals surface area contributed by atoms with Gasteiger partial charge >= 0.3 is 11.9 Å². The Morgan fingerprint density at radius 3 is 1.81 bits per heavy atom. The SMILES string of the molecule is CCC(=O)Oc1ccc(C2(c3ccc(OC(=O)CC)cc3)CC3CC2C2CCCC32)cc1. The van der Waals surface area contributed by atoms with Crippen molar-refractivity contribution in [3.05, 3.63) is 59.7 Å². The second-order valence-electron chi connectivity index (χ2n) is 9.74. The van der Waals surface area contributed by atoms with Crippen molar-refractivity contribution in [1.82, 2.24) is 0 Å². The van der Waals surface area contributed by atoms with Crippen LogP contribution in [-0.2, 0) is 15.0 Å². The molecule has 0 aliphatic heterocycles. The number of esters is 2. The number of carbonyl (C=O) groups is 2. The van der Waals surface area contributed by atoms with E-state index in [-0.39, 0.29) is 17.4 Å². The third-order valence-electron chi connectivity index (χ3n) is 8.30. The minimum Gasteiger partial charge on any atom is -0.427 e. The van der Waals surface area contributed by atoms with Crippen LogP contribution in [0.2, 0.25) is 0 Å². The van der Waals surface area contributed by atoms with E-state index in [4.69, 9.17) is 9.47 Å². The van der Waals surface area contributed by atoms with Crippen molar-refractivity contribution in [2.45, 2.75) is 64.2 Å². The maximum atomic E-state index is 11.7. The molecule has 3 saturated carbocycles. The molecule has 2 aromatic carbocycles. The molecule has 3 fully saturated rings. The number of fused-ring (bicyclic) bond motifs is 5. The maximum Gasteiger partial charge on any atom is 0.310 e. The molecule has 5 rings (SSSR count). The number of carbonyl (C=O) groups excluding carboxylic acids is 2. The minimum atomic E-state index is -0.210. The van der Waals surface area contributed by atoms with Crippen molar-refractivity contribution in [1.29, 1.82) is 0 Å². The Morgan fingerprint density at radius 2 is 1.31 bits per heavy atom. The van der Waals surface area contributed by atoms with Gasteiger partial charge in [-0.3, -0.25) is 9.59 Å². The number of hydrogen-bond acceptors (Lipinski definition) is 4. The summed E-state index contributed by atoms with van der Waals surface area (Å²) in [6.45, 7) is 3.61. The molecular weight excluding hydrogens is 400 g/mol. The minimum absolute atomic E-state index is 0.0310. The van der Waals surface area contributed by atoms with Crippen LogP contribution >= 0.6 is 0 Å². The summed E-state index contributed by atoms with van der Waals surface area (Å²) in [5, 5.41) is 0. The number of rotatable bonds is 6. The summed E-state index contributed by atoms with van der Waals surface area (Å²) in [5.74, 6) is 3.90. The third-order valence-corrected chi connectivity index (χ3v) is 8.30. The molecule has 4 atom stereocenters. The molecule has 3 aliphatic carbocycles. The summed E-state index contributed by atoms with van der Waals surface area (Å²) in [7, 11) is 0. The highest BCUT2D eigenvalue weighted by molar-refractivity contribution is 5.72. The molecule has 4 heteroatoms. The standard InChI is InChI=1S/C28H32O4/c1-3-26(29)31-21-12-8-19(9-13-21)28(17-18-16-25(28)24-7-5-6-23(18)24)20-10-14-22(15-11-20)32-27(30)4-2/h8-15,18,23-25H,3-7,16-17H2,1-2H3. The zero-order valence-electron chi connectivity index (χ0n) is 19.0. The van der Waals surface area contributed by atoms with Crippen LogP contribution in [0.1, 0.15) is 69.9 Å². The van der Waals surface area contributed by atoms with Gasteiger partial charge in [-0.25, -0.2) is 0 Å². The van der Waals surface area contributed by atoms with E-state index < -0.39 is 0 Å². The van der Waals surface area contributed by atoms with E-state index in [0.29, 0.717) is 30.3 Å². The van der Waals surface area contributed by atoms with Gasteiger partial charge in [0.15, 0.2) is 0 Å². The summed E-state index contributed by atoms with van der Waals surface area (Å²) in [5.41, 5.74) is 2.59. The van der Waals surface area contributed by atoms with Gasteiger partial charge in [0.05, 0.1) is 0 Å². The summed E-state index contributed by atoms with van der Waals surface area (Å²) in [6, 6.07) is 16.4. The van der Waals surface area contributed by atoms with E-state index in [1.54, 1.807) is 13.8 Å². The molecule has 0 heterocycles. The van der Waals surface area contributed by atoms with Crippen molar-refractivity contribution in [2.75, 3.05) is 0 Å². The Morgan fingerprint density at radius 1 is 0.812 bits per heavy atom. The van der Waals surface area contributed by atoms with Crippen LogP contribution in [0.15, 0.2) is 48.5 Å². The molecule has 0 aromatic heterocycles. The highest BCUT2D eigenvalue weighted by Gasteiger charge is 2.61. The van der Waals surface area contributed by atoms with E-state index >= 15 is 0 Å². The first kappa shape index (κ1) is 21.2. The molecule has 3 aliphatic rings. The topological polar surface area (TPSA) is 52.6 Å². The molecule has 2 aromatic rings. The Bertz CT molecular complexity index is 930. The second-order valence-corrected chi connectivity index (χ2v) is 9.74. The first-order valence-corrected chi connectivity index (χ1v) is 12.2. The van der Waals surface area contributed by atoms with Crippen LogP contribution in [0.4, 0.5) is 0 Å². The fraction of sp³-hybridized carbons (Fsp3) is 0.500. The van der Waals surface area contributed by atoms with E-state index in [0.717, 1.165) is 17.8 Å². The van der Waals surface area contributed by atoms with Gasteiger partial charge in [0.1, 0.15) is 11.5 Å². The molecular formula is C28H32O4. The van der Waals surface area contributed by atoms with Gasteiger partial charge < -0.3 is 9.47 Å². The lowest BCUT2D eigenvalue weighted by Crippen LogP contribution is -2.40. The molecule has 32 heavy (non-hydrogen) atoms. The van der Waals surface area contributed by atoms with Crippen LogP contribution < -0.4 is 9.47 Å². The van der Waals surface area contributed by atoms with Crippen molar-refractivity contribution in [3.63, 3.8) is 0 Å². The fourth-order valence-corrected chi connectivity index (χ4v) is 7.02. The van der Waals surface area contributed by atoms with E-state index in [9.17, 15) is 9.59 Å². The normalized spacial score (nSPS) is 27.2. The Balaban J connectivity index is 1.51. The monoisotopic (exact) mass is 432 g/mol. The zero-order valence-corrected chi connectivity index (χ0v) is 19.0. The average molecular weight is 433 g/mol. The lowest BCUT2D eigenvalue weighted by molar-refractivity contribution is -0.134. The lowest BCUT2D eigenvalue weighted by atomic mass is 9.59. The van der Waals surface area contributed by atoms with Gasteiger partial charge in [-0.2, -0.15) is 0 Å². The van der Waals surface area contributed by atoms with Crippen LogP contribution in [0.25, 0.3) is 0 Å². The molecule has 168 valence electrons. The van der Waals surface area contributed by atoms with E-state index in [2.05, 4.69) is 24.3 Å². The second kappa shape index (κ2) is 8.38. The molecule has 0 spiro atoms. The molecule has 0 radical (unpaired) electrons. The van der Waals surface area contributed by atoms with Crippen LogP contribution in [0, 0.1) is 23.7 Å². The quantitative estimate of drug-likeness (QED) is 0.411. The van der Waals surface area contributed by atoms with E-state index in [1.807, 2.05) is 24.3 Å². The van der Waals surface area contributed by atoms with Crippen LogP contribution in [0.5, 0.6) is 11.5 Å². The summed E-state index contributed by atoms with van der Waals surface area (Å²) in [4.78, 5) is 23.4. The van der Waals surface area contributed by atoms with Crippen LogP contribution in [-0.4, -0.2) is 11.9 Å². The maximum absolute atomic E-state index is 11.7. The summed E-state index contributed by atoms with van der Waals surface area (Å²) < 4.78 is 10.9. The van der Waals surface area contributed by atoms with Gasteiger partial charge in [0.25, 0.3) is 0 Å². The first-order chi connectivity index (χ1) is 15.5. The molecule has 0 amide bonds. The summed E-state index contributed by atoms with van der Waals surface area (Å²) in [6.07, 6.45) is 7.29. The highest BCUT2D eigenvalue weighted by atomic mass is 16.5. The van der Waals surface area contributed by atoms with Crippen molar-refractivity contribution in [3.8, 4) is 11.5 Å². The van der Waals surface area contributed by atoms with E-state index in [1.165, 1.54) is 43.2 Å². The largest absolute Gasteiger partial charge is 0.427 e. The number of ether oxygens (including phenoxy) is 2. The smallest absolute Gasteiger partial charge is 0.310 e. The molecule has 4 unspecified atom stereocenters. The molecule has 0 saturated heterocycles. The van der Waals surface area contributed by atoms with Crippen molar-refractivity contribution < 1.29 is 19.1 Å². The van der Waals surface area contributed by atoms with Gasteiger partial charge in [-0.15, -0.1) is 0 Å². The van der Waals surface area contributed by atoms with Crippen molar-refractivity contribution >= 4 is 11.9 Å². The highest BCUT2D eigenvalue weighted by Crippen LogP contribution is 2.68. The predicted octanol–water partition coefficient (Wildman–Crippen LogP) is 6.06. The Kier molecular flexibility index (Phi) is 5.56. The molecule has 4 nitrogen and oxygen atoms in total. The van der Waals surface area contributed by atoms with Gasteiger partial charge in [-0.05, 0) is 84.7 Å². The fourth-order valence-electron chi connectivity index (χ4n) is 7.02. The first-order valence-electron chi connectivity index (χ1n) is 12.2. The Labute approximate surface area is 190 Å².